The van der Waals surface area contributed by atoms with Crippen LogP contribution < -0.4 is 10.6 Å². The molecule has 0 unspecified atom stereocenters. The molecule has 1 aliphatic rings. The zero-order valence-electron chi connectivity index (χ0n) is 12.1. The number of hydrogen-bond donors (Lipinski definition) is 2. The van der Waals surface area contributed by atoms with Crippen LogP contribution in [0.5, 0.6) is 0 Å². The van der Waals surface area contributed by atoms with Gasteiger partial charge in [0.15, 0.2) is 0 Å². The molecule has 0 aliphatic carbocycles. The molecule has 3 rings (SSSR count). The first kappa shape index (κ1) is 14.3. The van der Waals surface area contributed by atoms with Crippen molar-refractivity contribution < 1.29 is 9.59 Å². The topological polar surface area (TPSA) is 71.1 Å². The Labute approximate surface area is 128 Å². The van der Waals surface area contributed by atoms with Gasteiger partial charge < -0.3 is 10.6 Å². The highest BCUT2D eigenvalue weighted by Crippen LogP contribution is 2.23. The fourth-order valence-electron chi connectivity index (χ4n) is 2.50. The number of nitrogens with one attached hydrogen (secondary N) is 2. The number of pyridine rings is 1. The normalized spacial score (nSPS) is 13.7. The Hall–Kier alpha value is -2.69. The Morgan fingerprint density at radius 3 is 3.00 bits per heavy atom. The van der Waals surface area contributed by atoms with Crippen LogP contribution in [0.25, 0.3) is 0 Å². The van der Waals surface area contributed by atoms with Crippen LogP contribution in [0, 0.1) is 0 Å². The van der Waals surface area contributed by atoms with Crippen LogP contribution in [0.4, 0.5) is 5.69 Å². The summed E-state index contributed by atoms with van der Waals surface area (Å²) in [4.78, 5) is 27.8. The van der Waals surface area contributed by atoms with E-state index in [-0.39, 0.29) is 11.8 Å². The first-order valence-electron chi connectivity index (χ1n) is 7.32. The van der Waals surface area contributed by atoms with E-state index in [9.17, 15) is 9.59 Å². The summed E-state index contributed by atoms with van der Waals surface area (Å²) in [5.74, 6) is -0.0882. The molecule has 0 spiro atoms. The van der Waals surface area contributed by atoms with Gasteiger partial charge in [0, 0.05) is 36.6 Å². The molecule has 112 valence electrons. The molecule has 1 aromatic carbocycles. The maximum absolute atomic E-state index is 12.2. The third-order valence-electron chi connectivity index (χ3n) is 3.67. The molecule has 1 aliphatic heterocycles. The molecule has 0 bridgehead atoms. The number of benzene rings is 1. The Morgan fingerprint density at radius 2 is 2.18 bits per heavy atom. The number of anilines is 1. The third kappa shape index (κ3) is 3.31. The number of hydrogen-bond acceptors (Lipinski definition) is 3. The van der Waals surface area contributed by atoms with E-state index in [1.807, 2.05) is 18.2 Å². The predicted molar refractivity (Wildman–Crippen MR) is 83.4 cm³/mol. The van der Waals surface area contributed by atoms with E-state index in [1.165, 1.54) is 0 Å². The number of aromatic nitrogens is 1. The molecule has 2 N–H and O–H groups in total. The number of rotatable bonds is 3. The van der Waals surface area contributed by atoms with E-state index in [0.29, 0.717) is 18.5 Å². The lowest BCUT2D eigenvalue weighted by atomic mass is 10.0. The maximum Gasteiger partial charge on any atom is 0.251 e. The van der Waals surface area contributed by atoms with Crippen molar-refractivity contribution in [3.63, 3.8) is 0 Å². The lowest BCUT2D eigenvalue weighted by Crippen LogP contribution is -2.23. The molecule has 22 heavy (non-hydrogen) atoms. The lowest BCUT2D eigenvalue weighted by molar-refractivity contribution is -0.116. The minimum atomic E-state index is -0.123. The fourth-order valence-corrected chi connectivity index (χ4v) is 2.50. The molecular formula is C17H17N3O2. The lowest BCUT2D eigenvalue weighted by Gasteiger charge is -2.10. The van der Waals surface area contributed by atoms with E-state index in [1.54, 1.807) is 24.5 Å². The third-order valence-corrected chi connectivity index (χ3v) is 3.67. The standard InChI is InChI=1S/C17H17N3O2/c21-16-5-1-4-13-9-14(6-7-15(13)20-16)17(22)19-11-12-3-2-8-18-10-12/h2-3,6-10H,1,4-5,11H2,(H,19,22)(H,20,21). The number of nitrogens with zero attached hydrogens (tertiary/aromatic N) is 1. The SMILES string of the molecule is O=C1CCCc2cc(C(=O)NCc3cccnc3)ccc2N1. The van der Waals surface area contributed by atoms with E-state index < -0.39 is 0 Å². The van der Waals surface area contributed by atoms with Gasteiger partial charge in [-0.1, -0.05) is 6.07 Å². The van der Waals surface area contributed by atoms with Gasteiger partial charge in [-0.05, 0) is 48.2 Å². The first-order valence-corrected chi connectivity index (χ1v) is 7.32. The summed E-state index contributed by atoms with van der Waals surface area (Å²) in [6.45, 7) is 0.445. The smallest absolute Gasteiger partial charge is 0.251 e. The van der Waals surface area contributed by atoms with Gasteiger partial charge in [0.2, 0.25) is 5.91 Å². The summed E-state index contributed by atoms with van der Waals surface area (Å²) in [5.41, 5.74) is 3.39. The second-order valence-corrected chi connectivity index (χ2v) is 5.32. The molecule has 0 radical (unpaired) electrons. The highest BCUT2D eigenvalue weighted by molar-refractivity contribution is 5.97. The Balaban J connectivity index is 1.71. The zero-order chi connectivity index (χ0) is 15.4. The van der Waals surface area contributed by atoms with Crippen LogP contribution >= 0.6 is 0 Å². The molecule has 1 aromatic heterocycles. The van der Waals surface area contributed by atoms with E-state index in [4.69, 9.17) is 0 Å². The molecular weight excluding hydrogens is 278 g/mol. The van der Waals surface area contributed by atoms with Crippen molar-refractivity contribution in [2.24, 2.45) is 0 Å². The molecule has 2 aromatic rings. The monoisotopic (exact) mass is 295 g/mol. The summed E-state index contributed by atoms with van der Waals surface area (Å²) in [5, 5.41) is 5.75. The van der Waals surface area contributed by atoms with Gasteiger partial charge >= 0.3 is 0 Å². The number of aryl methyl sites for hydroxylation is 1. The number of amides is 2. The van der Waals surface area contributed by atoms with Crippen molar-refractivity contribution >= 4 is 17.5 Å². The van der Waals surface area contributed by atoms with Crippen molar-refractivity contribution in [1.29, 1.82) is 0 Å². The summed E-state index contributed by atoms with van der Waals surface area (Å²) in [7, 11) is 0. The highest BCUT2D eigenvalue weighted by Gasteiger charge is 2.15. The first-order chi connectivity index (χ1) is 10.7. The summed E-state index contributed by atoms with van der Waals surface area (Å²) < 4.78 is 0. The second kappa shape index (κ2) is 6.39. The average molecular weight is 295 g/mol. The fraction of sp³-hybridized carbons (Fsp3) is 0.235. The molecule has 0 saturated heterocycles. The second-order valence-electron chi connectivity index (χ2n) is 5.32. The Morgan fingerprint density at radius 1 is 1.27 bits per heavy atom. The molecule has 2 amide bonds. The van der Waals surface area contributed by atoms with Crippen molar-refractivity contribution in [3.05, 3.63) is 59.4 Å². The molecule has 0 saturated carbocycles. The van der Waals surface area contributed by atoms with Gasteiger partial charge in [-0.3, -0.25) is 14.6 Å². The average Bonchev–Trinajstić information content (AvgIpc) is 2.73. The van der Waals surface area contributed by atoms with Gasteiger partial charge in [-0.25, -0.2) is 0 Å². The number of carbonyl (C=O) groups is 2. The van der Waals surface area contributed by atoms with Crippen molar-refractivity contribution in [2.45, 2.75) is 25.8 Å². The van der Waals surface area contributed by atoms with Crippen LogP contribution in [0.2, 0.25) is 0 Å². The van der Waals surface area contributed by atoms with E-state index >= 15 is 0 Å². The maximum atomic E-state index is 12.2. The summed E-state index contributed by atoms with van der Waals surface area (Å²) in [6, 6.07) is 9.16. The largest absolute Gasteiger partial charge is 0.348 e. The Bertz CT molecular complexity index is 698. The predicted octanol–water partition coefficient (Wildman–Crippen LogP) is 2.29. The molecule has 2 heterocycles. The highest BCUT2D eigenvalue weighted by atomic mass is 16.2. The molecule has 0 atom stereocenters. The van der Waals surface area contributed by atoms with Gasteiger partial charge in [-0.2, -0.15) is 0 Å². The summed E-state index contributed by atoms with van der Waals surface area (Å²) >= 11 is 0. The van der Waals surface area contributed by atoms with Gasteiger partial charge in [0.1, 0.15) is 0 Å². The van der Waals surface area contributed by atoms with Crippen molar-refractivity contribution in [3.8, 4) is 0 Å². The number of carbonyl (C=O) groups excluding carboxylic acids is 2. The van der Waals surface area contributed by atoms with Crippen molar-refractivity contribution in [2.75, 3.05) is 5.32 Å². The zero-order valence-corrected chi connectivity index (χ0v) is 12.1. The van der Waals surface area contributed by atoms with Crippen LogP contribution in [0.3, 0.4) is 0 Å². The van der Waals surface area contributed by atoms with Gasteiger partial charge in [-0.15, -0.1) is 0 Å². The van der Waals surface area contributed by atoms with Gasteiger partial charge in [0.25, 0.3) is 5.91 Å². The van der Waals surface area contributed by atoms with Crippen LogP contribution in [-0.4, -0.2) is 16.8 Å². The molecule has 5 nitrogen and oxygen atoms in total. The van der Waals surface area contributed by atoms with E-state index in [0.717, 1.165) is 29.7 Å². The summed E-state index contributed by atoms with van der Waals surface area (Å²) in [6.07, 6.45) is 5.56. The van der Waals surface area contributed by atoms with Crippen molar-refractivity contribution in [1.82, 2.24) is 10.3 Å². The quantitative estimate of drug-likeness (QED) is 0.912. The van der Waals surface area contributed by atoms with Crippen LogP contribution in [0.1, 0.15) is 34.3 Å². The Kier molecular flexibility index (Phi) is 4.14. The van der Waals surface area contributed by atoms with Gasteiger partial charge in [0.05, 0.1) is 0 Å². The van der Waals surface area contributed by atoms with Crippen LogP contribution in [0.15, 0.2) is 42.7 Å². The minimum absolute atomic E-state index is 0.0347. The van der Waals surface area contributed by atoms with E-state index in [2.05, 4.69) is 15.6 Å². The van der Waals surface area contributed by atoms with Crippen LogP contribution in [-0.2, 0) is 17.8 Å². The minimum Gasteiger partial charge on any atom is -0.348 e. The molecule has 0 fully saturated rings. The number of fused-ring (bicyclic) bond motifs is 1. The molecule has 5 heteroatoms.